The first-order valence-corrected chi connectivity index (χ1v) is 8.73. The van der Waals surface area contributed by atoms with Crippen LogP contribution < -0.4 is 10.3 Å². The van der Waals surface area contributed by atoms with E-state index in [0.29, 0.717) is 29.8 Å². The van der Waals surface area contributed by atoms with Crippen LogP contribution in [0.5, 0.6) is 0 Å². The van der Waals surface area contributed by atoms with Crippen LogP contribution in [0.4, 0.5) is 0 Å². The Morgan fingerprint density at radius 2 is 1.91 bits per heavy atom. The summed E-state index contributed by atoms with van der Waals surface area (Å²) in [5.74, 6) is 0.310. The standard InChI is InChI=1S/C14H18N4O3S/c19-14-11-6-2-3-7-12(11)16-13(17-14)10-15-22(20,21)18-8-4-1-5-9-18/h2-3,6-7,15H,1,4-5,8-10H2,(H,16,17,19). The number of piperidine rings is 1. The minimum atomic E-state index is -3.53. The summed E-state index contributed by atoms with van der Waals surface area (Å²) >= 11 is 0. The van der Waals surface area contributed by atoms with E-state index >= 15 is 0 Å². The van der Waals surface area contributed by atoms with E-state index in [1.807, 2.05) is 0 Å². The van der Waals surface area contributed by atoms with Gasteiger partial charge in [0.2, 0.25) is 0 Å². The summed E-state index contributed by atoms with van der Waals surface area (Å²) in [6.07, 6.45) is 2.82. The van der Waals surface area contributed by atoms with Crippen LogP contribution >= 0.6 is 0 Å². The van der Waals surface area contributed by atoms with Gasteiger partial charge in [0.25, 0.3) is 15.8 Å². The Hall–Kier alpha value is -1.77. The summed E-state index contributed by atoms with van der Waals surface area (Å²) in [6, 6.07) is 6.96. The van der Waals surface area contributed by atoms with Crippen molar-refractivity contribution >= 4 is 21.1 Å². The van der Waals surface area contributed by atoms with Crippen molar-refractivity contribution in [1.82, 2.24) is 19.0 Å². The highest BCUT2D eigenvalue weighted by molar-refractivity contribution is 7.87. The molecule has 2 aromatic rings. The summed E-state index contributed by atoms with van der Waals surface area (Å²) < 4.78 is 28.3. The minimum absolute atomic E-state index is 0.0289. The quantitative estimate of drug-likeness (QED) is 0.868. The first-order chi connectivity index (χ1) is 10.6. The van der Waals surface area contributed by atoms with E-state index < -0.39 is 10.2 Å². The van der Waals surface area contributed by atoms with Crippen molar-refractivity contribution in [3.63, 3.8) is 0 Å². The number of hydrogen-bond donors (Lipinski definition) is 2. The lowest BCUT2D eigenvalue weighted by Crippen LogP contribution is -2.43. The number of benzene rings is 1. The summed E-state index contributed by atoms with van der Waals surface area (Å²) in [5, 5.41) is 0.491. The van der Waals surface area contributed by atoms with Gasteiger partial charge in [0.05, 0.1) is 17.4 Å². The van der Waals surface area contributed by atoms with Gasteiger partial charge in [-0.15, -0.1) is 0 Å². The molecule has 0 amide bonds. The van der Waals surface area contributed by atoms with Crippen LogP contribution in [0.3, 0.4) is 0 Å². The van der Waals surface area contributed by atoms with Crippen LogP contribution in [0, 0.1) is 0 Å². The molecule has 3 rings (SSSR count). The number of nitrogens with zero attached hydrogens (tertiary/aromatic N) is 2. The van der Waals surface area contributed by atoms with Crippen LogP contribution in [0.1, 0.15) is 25.1 Å². The molecule has 1 saturated heterocycles. The van der Waals surface area contributed by atoms with E-state index in [2.05, 4.69) is 14.7 Å². The zero-order chi connectivity index (χ0) is 15.6. The Balaban J connectivity index is 1.77. The van der Waals surface area contributed by atoms with Crippen LogP contribution in [-0.4, -0.2) is 35.8 Å². The molecular formula is C14H18N4O3S. The number of hydrogen-bond acceptors (Lipinski definition) is 4. The van der Waals surface area contributed by atoms with Gasteiger partial charge in [-0.1, -0.05) is 18.6 Å². The molecule has 2 heterocycles. The third kappa shape index (κ3) is 3.18. The Morgan fingerprint density at radius 1 is 1.18 bits per heavy atom. The van der Waals surface area contributed by atoms with Crippen molar-refractivity contribution in [2.24, 2.45) is 0 Å². The molecule has 0 saturated carbocycles. The summed E-state index contributed by atoms with van der Waals surface area (Å²) in [4.78, 5) is 18.8. The third-order valence-corrected chi connectivity index (χ3v) is 5.29. The Labute approximate surface area is 128 Å². The zero-order valence-electron chi connectivity index (χ0n) is 12.1. The second-order valence-electron chi connectivity index (χ2n) is 5.32. The molecule has 0 radical (unpaired) electrons. The van der Waals surface area contributed by atoms with Crippen molar-refractivity contribution < 1.29 is 8.42 Å². The molecule has 118 valence electrons. The van der Waals surface area contributed by atoms with Crippen LogP contribution in [0.15, 0.2) is 29.1 Å². The second kappa shape index (κ2) is 6.15. The highest BCUT2D eigenvalue weighted by Gasteiger charge is 2.23. The fourth-order valence-electron chi connectivity index (χ4n) is 2.57. The van der Waals surface area contributed by atoms with Gasteiger partial charge < -0.3 is 4.98 Å². The number of H-pyrrole nitrogens is 1. The van der Waals surface area contributed by atoms with Gasteiger partial charge in [0.1, 0.15) is 5.82 Å². The molecule has 1 aliphatic rings. The number of para-hydroxylation sites is 1. The van der Waals surface area contributed by atoms with Crippen molar-refractivity contribution in [1.29, 1.82) is 0 Å². The number of aromatic amines is 1. The molecule has 8 heteroatoms. The lowest BCUT2D eigenvalue weighted by Gasteiger charge is -2.25. The molecule has 0 spiro atoms. The highest BCUT2D eigenvalue weighted by atomic mass is 32.2. The van der Waals surface area contributed by atoms with Gasteiger partial charge in [0, 0.05) is 13.1 Å². The summed E-state index contributed by atoms with van der Waals surface area (Å²) in [5.41, 5.74) is 0.288. The molecule has 0 bridgehead atoms. The molecule has 0 aliphatic carbocycles. The molecule has 2 N–H and O–H groups in total. The molecule has 1 aromatic heterocycles. The van der Waals surface area contributed by atoms with E-state index in [1.165, 1.54) is 4.31 Å². The smallest absolute Gasteiger partial charge is 0.279 e. The van der Waals surface area contributed by atoms with E-state index in [0.717, 1.165) is 19.3 Å². The number of fused-ring (bicyclic) bond motifs is 1. The lowest BCUT2D eigenvalue weighted by atomic mass is 10.2. The summed E-state index contributed by atoms with van der Waals surface area (Å²) in [6.45, 7) is 1.05. The van der Waals surface area contributed by atoms with Crippen LogP contribution in [0.25, 0.3) is 10.9 Å². The van der Waals surface area contributed by atoms with Gasteiger partial charge >= 0.3 is 0 Å². The average Bonchev–Trinajstić information content (AvgIpc) is 2.54. The normalized spacial score (nSPS) is 16.9. The molecule has 1 aromatic carbocycles. The SMILES string of the molecule is O=c1[nH]c(CNS(=O)(=O)N2CCCCC2)nc2ccccc12. The molecular weight excluding hydrogens is 304 g/mol. The van der Waals surface area contributed by atoms with Gasteiger partial charge in [-0.05, 0) is 25.0 Å². The molecule has 22 heavy (non-hydrogen) atoms. The fourth-order valence-corrected chi connectivity index (χ4v) is 3.82. The zero-order valence-corrected chi connectivity index (χ0v) is 12.9. The maximum absolute atomic E-state index is 12.2. The van der Waals surface area contributed by atoms with E-state index in [-0.39, 0.29) is 12.1 Å². The van der Waals surface area contributed by atoms with E-state index in [9.17, 15) is 13.2 Å². The monoisotopic (exact) mass is 322 g/mol. The first-order valence-electron chi connectivity index (χ1n) is 7.29. The Morgan fingerprint density at radius 3 is 2.68 bits per heavy atom. The predicted molar refractivity (Wildman–Crippen MR) is 83.5 cm³/mol. The van der Waals surface area contributed by atoms with Crippen molar-refractivity contribution in [2.45, 2.75) is 25.8 Å². The van der Waals surface area contributed by atoms with Crippen LogP contribution in [-0.2, 0) is 16.8 Å². The number of rotatable bonds is 4. The Bertz CT molecular complexity index is 825. The summed E-state index contributed by atoms with van der Waals surface area (Å²) in [7, 11) is -3.53. The maximum atomic E-state index is 12.2. The predicted octanol–water partition coefficient (Wildman–Crippen LogP) is 0.743. The molecule has 0 unspecified atom stereocenters. The first kappa shape index (κ1) is 15.1. The molecule has 7 nitrogen and oxygen atoms in total. The topological polar surface area (TPSA) is 95.2 Å². The molecule has 0 atom stereocenters. The van der Waals surface area contributed by atoms with Gasteiger partial charge in [-0.2, -0.15) is 17.4 Å². The third-order valence-electron chi connectivity index (χ3n) is 3.74. The minimum Gasteiger partial charge on any atom is -0.309 e. The largest absolute Gasteiger partial charge is 0.309 e. The van der Waals surface area contributed by atoms with Gasteiger partial charge in [-0.3, -0.25) is 4.79 Å². The van der Waals surface area contributed by atoms with Gasteiger partial charge in [-0.25, -0.2) is 4.98 Å². The highest BCUT2D eigenvalue weighted by Crippen LogP contribution is 2.12. The van der Waals surface area contributed by atoms with Crippen molar-refractivity contribution in [3.8, 4) is 0 Å². The van der Waals surface area contributed by atoms with E-state index in [4.69, 9.17) is 0 Å². The number of aromatic nitrogens is 2. The second-order valence-corrected chi connectivity index (χ2v) is 7.07. The average molecular weight is 322 g/mol. The maximum Gasteiger partial charge on any atom is 0.279 e. The van der Waals surface area contributed by atoms with Gasteiger partial charge in [0.15, 0.2) is 0 Å². The van der Waals surface area contributed by atoms with Crippen molar-refractivity contribution in [3.05, 3.63) is 40.4 Å². The Kier molecular flexibility index (Phi) is 4.23. The van der Waals surface area contributed by atoms with Crippen LogP contribution in [0.2, 0.25) is 0 Å². The van der Waals surface area contributed by atoms with E-state index in [1.54, 1.807) is 24.3 Å². The number of nitrogens with one attached hydrogen (secondary N) is 2. The van der Waals surface area contributed by atoms with Crippen molar-refractivity contribution in [2.75, 3.05) is 13.1 Å². The lowest BCUT2D eigenvalue weighted by molar-refractivity contribution is 0.341. The molecule has 1 aliphatic heterocycles. The molecule has 1 fully saturated rings. The fraction of sp³-hybridized carbons (Fsp3) is 0.429.